The van der Waals surface area contributed by atoms with Crippen LogP contribution in [0.3, 0.4) is 0 Å². The van der Waals surface area contributed by atoms with Crippen LogP contribution in [0.2, 0.25) is 0 Å². The van der Waals surface area contributed by atoms with Gasteiger partial charge in [-0.25, -0.2) is 4.79 Å². The molecule has 0 saturated carbocycles. The zero-order valence-electron chi connectivity index (χ0n) is 9.84. The highest BCUT2D eigenvalue weighted by molar-refractivity contribution is 6.32. The van der Waals surface area contributed by atoms with Gasteiger partial charge in [-0.05, 0) is 19.1 Å². The minimum absolute atomic E-state index is 0.141. The Morgan fingerprint density at radius 3 is 2.83 bits per heavy atom. The van der Waals surface area contributed by atoms with E-state index in [1.165, 1.54) is 0 Å². The number of para-hydroxylation sites is 2. The average molecular weight is 251 g/mol. The number of benzene rings is 1. The van der Waals surface area contributed by atoms with Gasteiger partial charge in [-0.15, -0.1) is 0 Å². The van der Waals surface area contributed by atoms with Crippen molar-refractivity contribution < 1.29 is 23.8 Å². The summed E-state index contributed by atoms with van der Waals surface area (Å²) in [6, 6.07) is 7.09. The summed E-state index contributed by atoms with van der Waals surface area (Å²) in [7, 11) is 0. The molecule has 1 aliphatic rings. The monoisotopic (exact) mass is 251 g/mol. The molecule has 0 aliphatic carbocycles. The molecule has 1 unspecified atom stereocenters. The molecule has 6 heteroatoms. The molecule has 1 aromatic carbocycles. The molecule has 0 radical (unpaired) electrons. The van der Waals surface area contributed by atoms with Crippen LogP contribution in [0, 0.1) is 0 Å². The molecule has 18 heavy (non-hydrogen) atoms. The Morgan fingerprint density at radius 1 is 1.39 bits per heavy atom. The summed E-state index contributed by atoms with van der Waals surface area (Å²) in [4.78, 5) is 22.5. The summed E-state index contributed by atoms with van der Waals surface area (Å²) in [6.45, 7) is 1.92. The Bertz CT molecular complexity index is 460. The lowest BCUT2D eigenvalue weighted by molar-refractivity contribution is -0.156. The van der Waals surface area contributed by atoms with Gasteiger partial charge in [-0.2, -0.15) is 0 Å². The molecule has 0 bridgehead atoms. The van der Waals surface area contributed by atoms with E-state index in [9.17, 15) is 9.59 Å². The Hall–Kier alpha value is -2.24. The average Bonchev–Trinajstić information content (AvgIpc) is 2.39. The van der Waals surface area contributed by atoms with Crippen molar-refractivity contribution >= 4 is 11.9 Å². The first-order valence-corrected chi connectivity index (χ1v) is 5.57. The maximum absolute atomic E-state index is 11.4. The number of rotatable bonds is 2. The summed E-state index contributed by atoms with van der Waals surface area (Å²) in [5.41, 5.74) is 0. The Labute approximate surface area is 104 Å². The number of ether oxygens (including phenoxy) is 3. The van der Waals surface area contributed by atoms with E-state index in [-0.39, 0.29) is 13.2 Å². The van der Waals surface area contributed by atoms with Crippen LogP contribution in [-0.2, 0) is 14.3 Å². The zero-order chi connectivity index (χ0) is 13.0. The normalized spacial score (nSPS) is 16.8. The van der Waals surface area contributed by atoms with Crippen LogP contribution in [-0.4, -0.2) is 31.3 Å². The van der Waals surface area contributed by atoms with Crippen LogP contribution >= 0.6 is 0 Å². The van der Waals surface area contributed by atoms with E-state index in [4.69, 9.17) is 9.47 Å². The topological polar surface area (TPSA) is 73.9 Å². The van der Waals surface area contributed by atoms with Crippen molar-refractivity contribution in [1.82, 2.24) is 5.32 Å². The molecular formula is C12H13NO5. The largest absolute Gasteiger partial charge is 0.484 e. The van der Waals surface area contributed by atoms with Gasteiger partial charge in [-0.1, -0.05) is 12.1 Å². The number of carbonyl (C=O) groups is 2. The zero-order valence-corrected chi connectivity index (χ0v) is 9.84. The lowest BCUT2D eigenvalue weighted by Gasteiger charge is -2.26. The van der Waals surface area contributed by atoms with Crippen LogP contribution in [0.5, 0.6) is 11.5 Å². The standard InChI is InChI=1S/C12H13NO5/c1-2-16-12(15)11(14)13-10-7-17-8-5-3-4-6-9(8)18-10/h3-6,10H,2,7H2,1H3,(H,13,14). The molecule has 2 rings (SSSR count). The van der Waals surface area contributed by atoms with E-state index in [2.05, 4.69) is 10.1 Å². The number of hydrogen-bond donors (Lipinski definition) is 1. The first kappa shape index (κ1) is 12.2. The molecule has 1 N–H and O–H groups in total. The number of esters is 1. The van der Waals surface area contributed by atoms with E-state index in [0.29, 0.717) is 11.5 Å². The first-order chi connectivity index (χ1) is 8.70. The Balaban J connectivity index is 1.94. The molecule has 1 aromatic rings. The summed E-state index contributed by atoms with van der Waals surface area (Å²) in [5.74, 6) is -0.637. The molecule has 1 amide bonds. The van der Waals surface area contributed by atoms with Crippen molar-refractivity contribution in [1.29, 1.82) is 0 Å². The highest BCUT2D eigenvalue weighted by Gasteiger charge is 2.25. The van der Waals surface area contributed by atoms with Gasteiger partial charge in [0.05, 0.1) is 6.61 Å². The van der Waals surface area contributed by atoms with Gasteiger partial charge >= 0.3 is 11.9 Å². The highest BCUT2D eigenvalue weighted by atomic mass is 16.6. The summed E-state index contributed by atoms with van der Waals surface area (Å²) >= 11 is 0. The quantitative estimate of drug-likeness (QED) is 0.610. The van der Waals surface area contributed by atoms with Gasteiger partial charge in [0.25, 0.3) is 0 Å². The fourth-order valence-corrected chi connectivity index (χ4v) is 1.49. The van der Waals surface area contributed by atoms with E-state index in [1.54, 1.807) is 25.1 Å². The maximum atomic E-state index is 11.4. The van der Waals surface area contributed by atoms with Crippen LogP contribution in [0.4, 0.5) is 0 Å². The molecule has 96 valence electrons. The molecule has 0 fully saturated rings. The van der Waals surface area contributed by atoms with Crippen molar-refractivity contribution in [3.05, 3.63) is 24.3 Å². The summed E-state index contributed by atoms with van der Waals surface area (Å²) in [5, 5.41) is 2.38. The number of hydrogen-bond acceptors (Lipinski definition) is 5. The number of amides is 1. The number of carbonyl (C=O) groups excluding carboxylic acids is 2. The fourth-order valence-electron chi connectivity index (χ4n) is 1.49. The van der Waals surface area contributed by atoms with E-state index < -0.39 is 18.1 Å². The second-order valence-corrected chi connectivity index (χ2v) is 3.56. The second kappa shape index (κ2) is 5.39. The molecule has 0 saturated heterocycles. The van der Waals surface area contributed by atoms with Crippen molar-refractivity contribution in [2.75, 3.05) is 13.2 Å². The first-order valence-electron chi connectivity index (χ1n) is 5.57. The van der Waals surface area contributed by atoms with Crippen molar-refractivity contribution in [2.45, 2.75) is 13.2 Å². The fraction of sp³-hybridized carbons (Fsp3) is 0.333. The maximum Gasteiger partial charge on any atom is 0.396 e. The summed E-state index contributed by atoms with van der Waals surface area (Å²) < 4.78 is 15.4. The van der Waals surface area contributed by atoms with E-state index in [0.717, 1.165) is 0 Å². The smallest absolute Gasteiger partial charge is 0.396 e. The van der Waals surface area contributed by atoms with Crippen LogP contribution in [0.1, 0.15) is 6.92 Å². The van der Waals surface area contributed by atoms with Crippen molar-refractivity contribution in [2.24, 2.45) is 0 Å². The lowest BCUT2D eigenvalue weighted by atomic mass is 10.3. The number of fused-ring (bicyclic) bond motifs is 1. The molecule has 0 aromatic heterocycles. The third-order valence-electron chi connectivity index (χ3n) is 2.26. The predicted molar refractivity (Wildman–Crippen MR) is 61.1 cm³/mol. The van der Waals surface area contributed by atoms with Gasteiger partial charge < -0.3 is 19.5 Å². The Kier molecular flexibility index (Phi) is 3.66. The minimum Gasteiger partial charge on any atom is -0.484 e. The lowest BCUT2D eigenvalue weighted by Crippen LogP contribution is -2.47. The van der Waals surface area contributed by atoms with E-state index >= 15 is 0 Å². The molecule has 6 nitrogen and oxygen atoms in total. The Morgan fingerprint density at radius 2 is 2.11 bits per heavy atom. The molecule has 1 aliphatic heterocycles. The third kappa shape index (κ3) is 2.71. The van der Waals surface area contributed by atoms with Crippen LogP contribution in [0.15, 0.2) is 24.3 Å². The summed E-state index contributed by atoms with van der Waals surface area (Å²) in [6.07, 6.45) is -0.697. The molecule has 1 atom stereocenters. The SMILES string of the molecule is CCOC(=O)C(=O)NC1COc2ccccc2O1. The minimum atomic E-state index is -0.931. The van der Waals surface area contributed by atoms with E-state index in [1.807, 2.05) is 6.07 Å². The van der Waals surface area contributed by atoms with Gasteiger partial charge in [0, 0.05) is 0 Å². The molecular weight excluding hydrogens is 238 g/mol. The van der Waals surface area contributed by atoms with Gasteiger partial charge in [0.1, 0.15) is 6.61 Å². The predicted octanol–water partition coefficient (Wildman–Crippen LogP) is 0.463. The third-order valence-corrected chi connectivity index (χ3v) is 2.26. The second-order valence-electron chi connectivity index (χ2n) is 3.56. The van der Waals surface area contributed by atoms with Crippen molar-refractivity contribution in [3.63, 3.8) is 0 Å². The van der Waals surface area contributed by atoms with Gasteiger partial charge in [-0.3, -0.25) is 4.79 Å². The van der Waals surface area contributed by atoms with Gasteiger partial charge in [0.15, 0.2) is 11.5 Å². The number of nitrogens with one attached hydrogen (secondary N) is 1. The van der Waals surface area contributed by atoms with Crippen LogP contribution in [0.25, 0.3) is 0 Å². The highest BCUT2D eigenvalue weighted by Crippen LogP contribution is 2.30. The van der Waals surface area contributed by atoms with Crippen LogP contribution < -0.4 is 14.8 Å². The van der Waals surface area contributed by atoms with Gasteiger partial charge in [0.2, 0.25) is 6.23 Å². The molecule has 0 spiro atoms. The molecule has 1 heterocycles. The van der Waals surface area contributed by atoms with Crippen molar-refractivity contribution in [3.8, 4) is 11.5 Å².